The van der Waals surface area contributed by atoms with Crippen LogP contribution < -0.4 is 9.84 Å². The number of hydrogen-bond acceptors (Lipinski definition) is 7. The van der Waals surface area contributed by atoms with Crippen molar-refractivity contribution in [1.29, 1.82) is 0 Å². The van der Waals surface area contributed by atoms with Crippen LogP contribution in [0.1, 0.15) is 18.4 Å². The van der Waals surface area contributed by atoms with Gasteiger partial charge >= 0.3 is 0 Å². The van der Waals surface area contributed by atoms with Gasteiger partial charge in [0.25, 0.3) is 5.22 Å². The molecule has 0 atom stereocenters. The molecular weight excluding hydrogens is 328 g/mol. The zero-order chi connectivity index (χ0) is 16.1. The molecule has 8 heteroatoms. The first-order valence-electron chi connectivity index (χ1n) is 6.30. The van der Waals surface area contributed by atoms with Gasteiger partial charge in [-0.05, 0) is 36.0 Å². The molecule has 0 bridgehead atoms. The van der Waals surface area contributed by atoms with Crippen molar-refractivity contribution in [1.82, 2.24) is 10.2 Å². The fourth-order valence-corrected chi connectivity index (χ4v) is 2.46. The number of ether oxygens (including phenoxy) is 1. The molecule has 0 unspecified atom stereocenters. The quantitative estimate of drug-likeness (QED) is 0.588. The number of halogens is 1. The lowest BCUT2D eigenvalue weighted by atomic mass is 10.2. The van der Waals surface area contributed by atoms with E-state index in [0.717, 1.165) is 11.8 Å². The van der Waals surface area contributed by atoms with Gasteiger partial charge < -0.3 is 19.1 Å². The Labute approximate surface area is 136 Å². The molecule has 0 fully saturated rings. The highest BCUT2D eigenvalue weighted by Gasteiger charge is 2.11. The summed E-state index contributed by atoms with van der Waals surface area (Å²) < 4.78 is 10.5. The van der Waals surface area contributed by atoms with Gasteiger partial charge in [-0.15, -0.1) is 10.2 Å². The molecule has 0 N–H and O–H groups in total. The molecule has 0 saturated heterocycles. The molecule has 0 aliphatic carbocycles. The van der Waals surface area contributed by atoms with Gasteiger partial charge in [0.2, 0.25) is 5.89 Å². The van der Waals surface area contributed by atoms with Crippen molar-refractivity contribution in [3.05, 3.63) is 39.6 Å². The van der Waals surface area contributed by atoms with E-state index in [-0.39, 0.29) is 10.1 Å². The number of hydrogen-bond donors (Lipinski definition) is 0. The van der Waals surface area contributed by atoms with Crippen molar-refractivity contribution in [2.45, 2.75) is 18.6 Å². The van der Waals surface area contributed by atoms with Crippen LogP contribution in [0.25, 0.3) is 6.08 Å². The molecule has 0 spiro atoms. The fourth-order valence-electron chi connectivity index (χ4n) is 1.61. The highest BCUT2D eigenvalue weighted by molar-refractivity contribution is 8.03. The Morgan fingerprint density at radius 3 is 2.86 bits per heavy atom. The van der Waals surface area contributed by atoms with Crippen LogP contribution in [0.15, 0.2) is 32.7 Å². The second kappa shape index (κ2) is 7.33. The van der Waals surface area contributed by atoms with Gasteiger partial charge in [0.1, 0.15) is 5.75 Å². The third-order valence-corrected chi connectivity index (χ3v) is 3.71. The summed E-state index contributed by atoms with van der Waals surface area (Å²) in [7, 11) is 1.48. The Hall–Kier alpha value is -1.99. The minimum atomic E-state index is -1.36. The van der Waals surface area contributed by atoms with E-state index >= 15 is 0 Å². The number of aromatic nitrogens is 2. The summed E-state index contributed by atoms with van der Waals surface area (Å²) in [5.74, 6) is -0.438. The molecule has 1 aromatic carbocycles. The molecule has 0 radical (unpaired) electrons. The number of benzene rings is 1. The standard InChI is InChI=1S/C14H13ClN2O4S/c1-3-12-16-17-14(21-12)22-11(13(18)19)7-8-6-9(15)4-5-10(8)20-2/h4-7H,3H2,1-2H3,(H,18,19)/p-1/b11-7-. The Balaban J connectivity index is 2.35. The summed E-state index contributed by atoms with van der Waals surface area (Å²) >= 11 is 6.74. The van der Waals surface area contributed by atoms with Gasteiger partial charge in [0.15, 0.2) is 0 Å². The van der Waals surface area contributed by atoms with Crippen LogP contribution in [0.2, 0.25) is 5.02 Å². The van der Waals surface area contributed by atoms with Crippen molar-refractivity contribution in [2.75, 3.05) is 7.11 Å². The molecule has 6 nitrogen and oxygen atoms in total. The van der Waals surface area contributed by atoms with E-state index in [2.05, 4.69) is 10.2 Å². The van der Waals surface area contributed by atoms with Crippen LogP contribution in [0, 0.1) is 0 Å². The zero-order valence-electron chi connectivity index (χ0n) is 11.8. The molecule has 2 rings (SSSR count). The van der Waals surface area contributed by atoms with Crippen LogP contribution in [0.5, 0.6) is 5.75 Å². The lowest BCUT2D eigenvalue weighted by Crippen LogP contribution is -2.23. The molecule has 22 heavy (non-hydrogen) atoms. The maximum atomic E-state index is 11.3. The van der Waals surface area contributed by atoms with E-state index in [0.29, 0.717) is 28.6 Å². The Morgan fingerprint density at radius 1 is 1.50 bits per heavy atom. The monoisotopic (exact) mass is 339 g/mol. The van der Waals surface area contributed by atoms with Gasteiger partial charge in [-0.3, -0.25) is 0 Å². The van der Waals surface area contributed by atoms with Crippen molar-refractivity contribution < 1.29 is 19.1 Å². The lowest BCUT2D eigenvalue weighted by molar-refractivity contribution is -0.298. The topological polar surface area (TPSA) is 88.3 Å². The largest absolute Gasteiger partial charge is 0.544 e. The zero-order valence-corrected chi connectivity index (χ0v) is 13.4. The van der Waals surface area contributed by atoms with Gasteiger partial charge in [-0.2, -0.15) is 0 Å². The van der Waals surface area contributed by atoms with Crippen molar-refractivity contribution >= 4 is 35.4 Å². The van der Waals surface area contributed by atoms with E-state index < -0.39 is 5.97 Å². The Bertz CT molecular complexity index is 715. The average molecular weight is 340 g/mol. The van der Waals surface area contributed by atoms with E-state index in [1.54, 1.807) is 18.2 Å². The predicted octanol–water partition coefficient (Wildman–Crippen LogP) is 2.18. The number of rotatable bonds is 6. The van der Waals surface area contributed by atoms with Gasteiger partial charge in [0, 0.05) is 21.9 Å². The van der Waals surface area contributed by atoms with Crippen LogP contribution in [-0.4, -0.2) is 23.3 Å². The van der Waals surface area contributed by atoms with Crippen molar-refractivity contribution in [3.63, 3.8) is 0 Å². The highest BCUT2D eigenvalue weighted by Crippen LogP contribution is 2.31. The number of carbonyl (C=O) groups is 1. The first-order valence-corrected chi connectivity index (χ1v) is 7.49. The van der Waals surface area contributed by atoms with Crippen LogP contribution in [0.3, 0.4) is 0 Å². The SMILES string of the molecule is CCc1nnc(S/C(=C\c2cc(Cl)ccc2OC)C(=O)[O-])o1. The van der Waals surface area contributed by atoms with Gasteiger partial charge in [0.05, 0.1) is 13.1 Å². The van der Waals surface area contributed by atoms with Gasteiger partial charge in [-0.1, -0.05) is 18.5 Å². The summed E-state index contributed by atoms with van der Waals surface area (Å²) in [6, 6.07) is 4.89. The summed E-state index contributed by atoms with van der Waals surface area (Å²) in [6.07, 6.45) is 1.96. The number of carboxylic acid groups (broad SMARTS) is 1. The lowest BCUT2D eigenvalue weighted by Gasteiger charge is -2.09. The molecule has 1 heterocycles. The van der Waals surface area contributed by atoms with Gasteiger partial charge in [-0.25, -0.2) is 0 Å². The minimum Gasteiger partial charge on any atom is -0.544 e. The van der Waals surface area contributed by atoms with E-state index in [1.165, 1.54) is 13.2 Å². The molecule has 116 valence electrons. The second-order valence-corrected chi connectivity index (χ2v) is 5.53. The molecule has 0 saturated carbocycles. The highest BCUT2D eigenvalue weighted by atomic mass is 35.5. The molecular formula is C14H12ClN2O4S-. The number of thioether (sulfide) groups is 1. The molecule has 0 aliphatic heterocycles. The number of carboxylic acids is 1. The second-order valence-electron chi connectivity index (χ2n) is 4.10. The number of nitrogens with zero attached hydrogens (tertiary/aromatic N) is 2. The number of carbonyl (C=O) groups excluding carboxylic acids is 1. The number of methoxy groups -OCH3 is 1. The first-order chi connectivity index (χ1) is 10.5. The van der Waals surface area contributed by atoms with Crippen LogP contribution in [-0.2, 0) is 11.2 Å². The van der Waals surface area contributed by atoms with Crippen LogP contribution in [0.4, 0.5) is 0 Å². The van der Waals surface area contributed by atoms with Crippen molar-refractivity contribution in [2.24, 2.45) is 0 Å². The Morgan fingerprint density at radius 2 is 2.27 bits per heavy atom. The average Bonchev–Trinajstić information content (AvgIpc) is 2.94. The van der Waals surface area contributed by atoms with Crippen molar-refractivity contribution in [3.8, 4) is 5.75 Å². The third kappa shape index (κ3) is 4.02. The summed E-state index contributed by atoms with van der Waals surface area (Å²) in [6.45, 7) is 1.86. The molecule has 1 aromatic heterocycles. The first kappa shape index (κ1) is 16.4. The smallest absolute Gasteiger partial charge is 0.281 e. The maximum absolute atomic E-state index is 11.3. The summed E-state index contributed by atoms with van der Waals surface area (Å²) in [5.41, 5.74) is 0.511. The van der Waals surface area contributed by atoms with E-state index in [9.17, 15) is 9.90 Å². The fraction of sp³-hybridized carbons (Fsp3) is 0.214. The third-order valence-electron chi connectivity index (χ3n) is 2.63. The summed E-state index contributed by atoms with van der Waals surface area (Å²) in [5, 5.41) is 19.4. The Kier molecular flexibility index (Phi) is 5.46. The number of aliphatic carboxylic acids is 1. The molecule has 0 aliphatic rings. The summed E-state index contributed by atoms with van der Waals surface area (Å²) in [4.78, 5) is 11.2. The predicted molar refractivity (Wildman–Crippen MR) is 80.5 cm³/mol. The van der Waals surface area contributed by atoms with E-state index in [1.807, 2.05) is 6.92 Å². The van der Waals surface area contributed by atoms with Crippen LogP contribution >= 0.6 is 23.4 Å². The molecule has 2 aromatic rings. The maximum Gasteiger partial charge on any atom is 0.281 e. The number of aryl methyl sites for hydroxylation is 1. The molecule has 0 amide bonds. The van der Waals surface area contributed by atoms with E-state index in [4.69, 9.17) is 20.8 Å². The minimum absolute atomic E-state index is 0.0909. The normalized spacial score (nSPS) is 11.5.